The molecule has 0 fully saturated rings. The molecule has 1 aromatic heterocycles. The number of rotatable bonds is 3. The molecule has 0 saturated heterocycles. The number of benzene rings is 2. The smallest absolute Gasteiger partial charge is 0.161 e. The zero-order valence-corrected chi connectivity index (χ0v) is 12.4. The van der Waals surface area contributed by atoms with Crippen LogP contribution in [-0.4, -0.2) is 9.55 Å². The lowest BCUT2D eigenvalue weighted by Gasteiger charge is -2.11. The van der Waals surface area contributed by atoms with Gasteiger partial charge in [-0.25, -0.2) is 13.8 Å². The van der Waals surface area contributed by atoms with Crippen molar-refractivity contribution in [2.75, 3.05) is 5.73 Å². The highest BCUT2D eigenvalue weighted by Crippen LogP contribution is 2.28. The number of imidazole rings is 1. The number of hydrogen-bond acceptors (Lipinski definition) is 3. The van der Waals surface area contributed by atoms with Crippen LogP contribution >= 0.6 is 0 Å². The minimum absolute atomic E-state index is 0.298. The number of nitriles is 1. The molecule has 0 aliphatic heterocycles. The standard InChI is InChI=1S/C17H14F2N4/c1-10(8-20)9-23-16-7-14(19)13(18)6-15(16)22-17(23)11-2-4-12(21)5-3-11/h2-7,10H,9,21H2,1H3. The Hall–Kier alpha value is -2.94. The van der Waals surface area contributed by atoms with Crippen LogP contribution in [-0.2, 0) is 6.54 Å². The number of anilines is 1. The highest BCUT2D eigenvalue weighted by Gasteiger charge is 2.17. The van der Waals surface area contributed by atoms with Crippen molar-refractivity contribution in [3.63, 3.8) is 0 Å². The minimum atomic E-state index is -0.945. The fourth-order valence-corrected chi connectivity index (χ4v) is 2.47. The topological polar surface area (TPSA) is 67.6 Å². The van der Waals surface area contributed by atoms with Gasteiger partial charge in [0.25, 0.3) is 0 Å². The van der Waals surface area contributed by atoms with E-state index in [2.05, 4.69) is 11.1 Å². The van der Waals surface area contributed by atoms with E-state index in [1.807, 2.05) is 0 Å². The summed E-state index contributed by atoms with van der Waals surface area (Å²) >= 11 is 0. The van der Waals surface area contributed by atoms with Gasteiger partial charge in [-0.1, -0.05) is 0 Å². The van der Waals surface area contributed by atoms with Crippen LogP contribution in [0.3, 0.4) is 0 Å². The molecule has 0 saturated carbocycles. The quantitative estimate of drug-likeness (QED) is 0.749. The Morgan fingerprint density at radius 3 is 2.52 bits per heavy atom. The molecule has 3 aromatic rings. The van der Waals surface area contributed by atoms with Gasteiger partial charge in [0.05, 0.1) is 23.0 Å². The maximum Gasteiger partial charge on any atom is 0.161 e. The fraction of sp³-hybridized carbons (Fsp3) is 0.176. The van der Waals surface area contributed by atoms with Crippen molar-refractivity contribution in [1.29, 1.82) is 5.26 Å². The first-order valence-corrected chi connectivity index (χ1v) is 7.10. The SMILES string of the molecule is CC(C#N)Cn1c(-c2ccc(N)cc2)nc2cc(F)c(F)cc21. The Balaban J connectivity index is 2.25. The summed E-state index contributed by atoms with van der Waals surface area (Å²) in [4.78, 5) is 4.41. The van der Waals surface area contributed by atoms with Crippen molar-refractivity contribution in [2.24, 2.45) is 5.92 Å². The highest BCUT2D eigenvalue weighted by molar-refractivity contribution is 5.81. The Morgan fingerprint density at radius 2 is 1.87 bits per heavy atom. The molecule has 23 heavy (non-hydrogen) atoms. The van der Waals surface area contributed by atoms with Gasteiger partial charge in [0.1, 0.15) is 5.82 Å². The van der Waals surface area contributed by atoms with E-state index in [0.29, 0.717) is 29.1 Å². The van der Waals surface area contributed by atoms with Gasteiger partial charge in [0.15, 0.2) is 11.6 Å². The molecule has 1 unspecified atom stereocenters. The van der Waals surface area contributed by atoms with Crippen LogP contribution in [0, 0.1) is 28.9 Å². The van der Waals surface area contributed by atoms with E-state index in [-0.39, 0.29) is 5.92 Å². The first-order chi connectivity index (χ1) is 11.0. The lowest BCUT2D eigenvalue weighted by molar-refractivity contribution is 0.509. The van der Waals surface area contributed by atoms with Gasteiger partial charge in [0, 0.05) is 29.9 Å². The third-order valence-electron chi connectivity index (χ3n) is 3.64. The van der Waals surface area contributed by atoms with Crippen molar-refractivity contribution in [2.45, 2.75) is 13.5 Å². The second-order valence-corrected chi connectivity index (χ2v) is 5.45. The average Bonchev–Trinajstić information content (AvgIpc) is 2.86. The molecule has 0 amide bonds. The number of nitrogen functional groups attached to an aromatic ring is 1. The third-order valence-corrected chi connectivity index (χ3v) is 3.64. The van der Waals surface area contributed by atoms with E-state index in [4.69, 9.17) is 11.0 Å². The molecule has 2 N–H and O–H groups in total. The molecular formula is C17H14F2N4. The first-order valence-electron chi connectivity index (χ1n) is 7.10. The zero-order chi connectivity index (χ0) is 16.6. The maximum absolute atomic E-state index is 13.6. The predicted molar refractivity (Wildman–Crippen MR) is 84.3 cm³/mol. The van der Waals surface area contributed by atoms with E-state index in [1.165, 1.54) is 0 Å². The van der Waals surface area contributed by atoms with Crippen molar-refractivity contribution in [3.05, 3.63) is 48.0 Å². The first kappa shape index (κ1) is 15.0. The lowest BCUT2D eigenvalue weighted by atomic mass is 10.1. The average molecular weight is 312 g/mol. The van der Waals surface area contributed by atoms with E-state index in [0.717, 1.165) is 17.7 Å². The monoisotopic (exact) mass is 312 g/mol. The summed E-state index contributed by atoms with van der Waals surface area (Å²) in [6.07, 6.45) is 0. The van der Waals surface area contributed by atoms with Crippen LogP contribution in [0.25, 0.3) is 22.4 Å². The molecule has 0 bridgehead atoms. The van der Waals surface area contributed by atoms with Crippen LogP contribution < -0.4 is 5.73 Å². The molecule has 3 rings (SSSR count). The van der Waals surface area contributed by atoms with E-state index in [1.54, 1.807) is 35.8 Å². The Labute approximate surface area is 131 Å². The Bertz CT molecular complexity index is 907. The Morgan fingerprint density at radius 1 is 1.22 bits per heavy atom. The van der Waals surface area contributed by atoms with Crippen LogP contribution in [0.5, 0.6) is 0 Å². The summed E-state index contributed by atoms with van der Waals surface area (Å²) in [6.45, 7) is 2.09. The van der Waals surface area contributed by atoms with Crippen LogP contribution in [0.1, 0.15) is 6.92 Å². The highest BCUT2D eigenvalue weighted by atomic mass is 19.2. The normalized spacial score (nSPS) is 12.3. The van der Waals surface area contributed by atoms with E-state index < -0.39 is 11.6 Å². The molecule has 1 atom stereocenters. The van der Waals surface area contributed by atoms with Crippen LogP contribution in [0.4, 0.5) is 14.5 Å². The summed E-state index contributed by atoms with van der Waals surface area (Å²) in [7, 11) is 0. The predicted octanol–water partition coefficient (Wildman–Crippen LogP) is 3.72. The van der Waals surface area contributed by atoms with Crippen molar-refractivity contribution < 1.29 is 8.78 Å². The Kier molecular flexibility index (Phi) is 3.70. The van der Waals surface area contributed by atoms with Gasteiger partial charge in [-0.15, -0.1) is 0 Å². The van der Waals surface area contributed by atoms with E-state index in [9.17, 15) is 8.78 Å². The van der Waals surface area contributed by atoms with E-state index >= 15 is 0 Å². The second-order valence-electron chi connectivity index (χ2n) is 5.45. The summed E-state index contributed by atoms with van der Waals surface area (Å²) in [5.74, 6) is -1.63. The van der Waals surface area contributed by atoms with Crippen molar-refractivity contribution in [3.8, 4) is 17.5 Å². The second kappa shape index (κ2) is 5.69. The number of aromatic nitrogens is 2. The number of nitrogens with two attached hydrogens (primary N) is 1. The molecule has 0 aliphatic rings. The number of nitrogens with zero attached hydrogens (tertiary/aromatic N) is 3. The lowest BCUT2D eigenvalue weighted by Crippen LogP contribution is -2.07. The molecule has 1 heterocycles. The van der Waals surface area contributed by atoms with Gasteiger partial charge >= 0.3 is 0 Å². The number of fused-ring (bicyclic) bond motifs is 1. The summed E-state index contributed by atoms with van der Waals surface area (Å²) in [5.41, 5.74) is 7.87. The fourth-order valence-electron chi connectivity index (χ4n) is 2.47. The number of halogens is 2. The van der Waals surface area contributed by atoms with Gasteiger partial charge in [-0.05, 0) is 31.2 Å². The van der Waals surface area contributed by atoms with Gasteiger partial charge < -0.3 is 10.3 Å². The summed E-state index contributed by atoms with van der Waals surface area (Å²) in [5, 5.41) is 9.07. The van der Waals surface area contributed by atoms with Crippen molar-refractivity contribution >= 4 is 16.7 Å². The molecule has 4 nitrogen and oxygen atoms in total. The van der Waals surface area contributed by atoms with Gasteiger partial charge in [-0.2, -0.15) is 5.26 Å². The van der Waals surface area contributed by atoms with Gasteiger partial charge in [0.2, 0.25) is 0 Å². The molecule has 116 valence electrons. The van der Waals surface area contributed by atoms with Crippen molar-refractivity contribution in [1.82, 2.24) is 9.55 Å². The molecule has 0 spiro atoms. The summed E-state index contributed by atoms with van der Waals surface area (Å²) in [6, 6.07) is 11.4. The maximum atomic E-state index is 13.6. The number of hydrogen-bond donors (Lipinski definition) is 1. The molecule has 2 aromatic carbocycles. The largest absolute Gasteiger partial charge is 0.399 e. The molecule has 0 aliphatic carbocycles. The van der Waals surface area contributed by atoms with Crippen LogP contribution in [0.2, 0.25) is 0 Å². The molecule has 6 heteroatoms. The van der Waals surface area contributed by atoms with Crippen LogP contribution in [0.15, 0.2) is 36.4 Å². The summed E-state index contributed by atoms with van der Waals surface area (Å²) < 4.78 is 28.8. The zero-order valence-electron chi connectivity index (χ0n) is 12.4. The molecule has 0 radical (unpaired) electrons. The molecular weight excluding hydrogens is 298 g/mol. The van der Waals surface area contributed by atoms with Gasteiger partial charge in [-0.3, -0.25) is 0 Å². The third kappa shape index (κ3) is 2.73. The minimum Gasteiger partial charge on any atom is -0.399 e.